The van der Waals surface area contributed by atoms with Gasteiger partial charge >= 0.3 is 0 Å². The van der Waals surface area contributed by atoms with E-state index in [4.69, 9.17) is 5.26 Å². The lowest BCUT2D eigenvalue weighted by molar-refractivity contribution is 0.0955. The molecule has 9 heteroatoms. The Morgan fingerprint density at radius 2 is 1.60 bits per heavy atom. The number of hydrazone groups is 1. The Morgan fingerprint density at radius 3 is 2.20 bits per heavy atom. The number of sulfonamides is 1. The van der Waals surface area contributed by atoms with Crippen LogP contribution in [-0.4, -0.2) is 20.5 Å². The number of rotatable bonds is 6. The second-order valence-electron chi connectivity index (χ2n) is 6.07. The van der Waals surface area contributed by atoms with E-state index in [1.54, 1.807) is 36.4 Å². The van der Waals surface area contributed by atoms with E-state index in [9.17, 15) is 13.2 Å². The van der Waals surface area contributed by atoms with Gasteiger partial charge in [-0.3, -0.25) is 9.52 Å². The maximum atomic E-state index is 12.4. The van der Waals surface area contributed by atoms with Gasteiger partial charge < -0.3 is 0 Å². The Hall–Kier alpha value is -3.48. The monoisotopic (exact) mass is 482 g/mol. The van der Waals surface area contributed by atoms with Gasteiger partial charge in [0.15, 0.2) is 0 Å². The lowest BCUT2D eigenvalue weighted by atomic mass is 10.2. The molecule has 3 rings (SSSR count). The molecule has 0 spiro atoms. The van der Waals surface area contributed by atoms with E-state index in [0.29, 0.717) is 16.8 Å². The highest BCUT2D eigenvalue weighted by Gasteiger charge is 2.14. The summed E-state index contributed by atoms with van der Waals surface area (Å²) < 4.78 is 28.1. The summed E-state index contributed by atoms with van der Waals surface area (Å²) in [6, 6.07) is 21.0. The average molecular weight is 483 g/mol. The summed E-state index contributed by atoms with van der Waals surface area (Å²) in [5.74, 6) is -0.442. The number of anilines is 1. The summed E-state index contributed by atoms with van der Waals surface area (Å²) in [6.45, 7) is 0. The van der Waals surface area contributed by atoms with Crippen molar-refractivity contribution in [3.05, 3.63) is 94.0 Å². The van der Waals surface area contributed by atoms with E-state index in [-0.39, 0.29) is 4.90 Å². The molecule has 30 heavy (non-hydrogen) atoms. The Labute approximate surface area is 182 Å². The van der Waals surface area contributed by atoms with Crippen molar-refractivity contribution in [2.75, 3.05) is 4.72 Å². The topological polar surface area (TPSA) is 111 Å². The first kappa shape index (κ1) is 21.2. The van der Waals surface area contributed by atoms with Crippen molar-refractivity contribution >= 4 is 43.8 Å². The van der Waals surface area contributed by atoms with Gasteiger partial charge in [0.2, 0.25) is 0 Å². The second kappa shape index (κ2) is 9.35. The van der Waals surface area contributed by atoms with Crippen LogP contribution < -0.4 is 10.1 Å². The molecule has 150 valence electrons. The Balaban J connectivity index is 1.61. The van der Waals surface area contributed by atoms with E-state index in [1.807, 2.05) is 6.07 Å². The van der Waals surface area contributed by atoms with Crippen LogP contribution in [0.1, 0.15) is 21.5 Å². The first-order valence-corrected chi connectivity index (χ1v) is 10.9. The third-order valence-electron chi connectivity index (χ3n) is 3.94. The number of nitrogens with zero attached hydrogens (tertiary/aromatic N) is 2. The van der Waals surface area contributed by atoms with Gasteiger partial charge in [0.1, 0.15) is 0 Å². The molecule has 0 saturated heterocycles. The number of benzene rings is 3. The standard InChI is InChI=1S/C21H15BrN4O3S/c22-18-7-11-20(12-8-18)30(28,29)26-19-9-5-17(6-10-19)21(27)25-24-14-16-3-1-15(13-23)2-4-16/h1-12,14,26H,(H,25,27). The van der Waals surface area contributed by atoms with Crippen LogP contribution in [0.25, 0.3) is 0 Å². The molecule has 1 amide bonds. The summed E-state index contributed by atoms with van der Waals surface area (Å²) >= 11 is 3.26. The molecule has 0 fully saturated rings. The molecule has 0 heterocycles. The predicted octanol–water partition coefficient (Wildman–Crippen LogP) is 3.89. The van der Waals surface area contributed by atoms with Crippen molar-refractivity contribution in [2.45, 2.75) is 4.90 Å². The van der Waals surface area contributed by atoms with Gasteiger partial charge in [0.05, 0.1) is 22.7 Å². The minimum absolute atomic E-state index is 0.129. The summed E-state index contributed by atoms with van der Waals surface area (Å²) in [6.07, 6.45) is 1.46. The van der Waals surface area contributed by atoms with Gasteiger partial charge in [-0.25, -0.2) is 13.8 Å². The van der Waals surface area contributed by atoms with Crippen molar-refractivity contribution in [1.82, 2.24) is 5.43 Å². The molecule has 0 radical (unpaired) electrons. The van der Waals surface area contributed by atoms with E-state index in [1.165, 1.54) is 42.6 Å². The third kappa shape index (κ3) is 5.53. The van der Waals surface area contributed by atoms with Gasteiger partial charge in [0, 0.05) is 15.7 Å². The largest absolute Gasteiger partial charge is 0.280 e. The number of amides is 1. The molecule has 0 unspecified atom stereocenters. The minimum atomic E-state index is -3.73. The van der Waals surface area contributed by atoms with Crippen LogP contribution in [0.5, 0.6) is 0 Å². The van der Waals surface area contributed by atoms with Crippen molar-refractivity contribution in [2.24, 2.45) is 5.10 Å². The number of carbonyl (C=O) groups is 1. The van der Waals surface area contributed by atoms with Crippen molar-refractivity contribution in [1.29, 1.82) is 5.26 Å². The summed E-state index contributed by atoms with van der Waals surface area (Å²) in [5, 5.41) is 12.7. The summed E-state index contributed by atoms with van der Waals surface area (Å²) in [7, 11) is -3.73. The van der Waals surface area contributed by atoms with Crippen LogP contribution >= 0.6 is 15.9 Å². The van der Waals surface area contributed by atoms with Crippen LogP contribution in [0, 0.1) is 11.3 Å². The van der Waals surface area contributed by atoms with Crippen LogP contribution in [0.4, 0.5) is 5.69 Å². The third-order valence-corrected chi connectivity index (χ3v) is 5.87. The molecule has 0 bridgehead atoms. The first-order valence-electron chi connectivity index (χ1n) is 8.59. The van der Waals surface area contributed by atoms with Gasteiger partial charge in [-0.15, -0.1) is 0 Å². The quantitative estimate of drug-likeness (QED) is 0.409. The fraction of sp³-hybridized carbons (Fsp3) is 0. The molecule has 3 aromatic rings. The maximum Gasteiger partial charge on any atom is 0.271 e. The van der Waals surface area contributed by atoms with E-state index >= 15 is 0 Å². The normalized spacial score (nSPS) is 11.1. The van der Waals surface area contributed by atoms with Crippen molar-refractivity contribution < 1.29 is 13.2 Å². The molecular formula is C21H15BrN4O3S. The lowest BCUT2D eigenvalue weighted by Gasteiger charge is -2.09. The molecule has 3 aromatic carbocycles. The maximum absolute atomic E-state index is 12.4. The van der Waals surface area contributed by atoms with E-state index in [0.717, 1.165) is 10.0 Å². The summed E-state index contributed by atoms with van der Waals surface area (Å²) in [5.41, 5.74) is 4.31. The molecule has 0 aliphatic carbocycles. The van der Waals surface area contributed by atoms with E-state index in [2.05, 4.69) is 31.2 Å². The number of hydrogen-bond donors (Lipinski definition) is 2. The highest BCUT2D eigenvalue weighted by molar-refractivity contribution is 9.10. The van der Waals surface area contributed by atoms with Gasteiger partial charge in [-0.05, 0) is 66.2 Å². The molecule has 0 aliphatic heterocycles. The average Bonchev–Trinajstić information content (AvgIpc) is 2.74. The fourth-order valence-electron chi connectivity index (χ4n) is 2.39. The highest BCUT2D eigenvalue weighted by atomic mass is 79.9. The molecule has 0 atom stereocenters. The number of carbonyl (C=O) groups excluding carboxylic acids is 1. The number of nitrogens with one attached hydrogen (secondary N) is 2. The lowest BCUT2D eigenvalue weighted by Crippen LogP contribution is -2.18. The van der Waals surface area contributed by atoms with Gasteiger partial charge in [0.25, 0.3) is 15.9 Å². The molecular weight excluding hydrogens is 468 g/mol. The molecule has 2 N–H and O–H groups in total. The minimum Gasteiger partial charge on any atom is -0.280 e. The Morgan fingerprint density at radius 1 is 0.967 bits per heavy atom. The molecule has 7 nitrogen and oxygen atoms in total. The smallest absolute Gasteiger partial charge is 0.271 e. The second-order valence-corrected chi connectivity index (χ2v) is 8.67. The van der Waals surface area contributed by atoms with Crippen LogP contribution in [0.15, 0.2) is 87.3 Å². The Bertz CT molecular complexity index is 1220. The zero-order chi connectivity index (χ0) is 21.6. The van der Waals surface area contributed by atoms with Gasteiger partial charge in [-0.2, -0.15) is 10.4 Å². The molecule has 0 aromatic heterocycles. The van der Waals surface area contributed by atoms with Crippen LogP contribution in [0.2, 0.25) is 0 Å². The SMILES string of the molecule is N#Cc1ccc(C=NNC(=O)c2ccc(NS(=O)(=O)c3ccc(Br)cc3)cc2)cc1. The van der Waals surface area contributed by atoms with E-state index < -0.39 is 15.9 Å². The first-order chi connectivity index (χ1) is 14.4. The van der Waals surface area contributed by atoms with Crippen molar-refractivity contribution in [3.8, 4) is 6.07 Å². The highest BCUT2D eigenvalue weighted by Crippen LogP contribution is 2.19. The van der Waals surface area contributed by atoms with Crippen LogP contribution in [0.3, 0.4) is 0 Å². The fourth-order valence-corrected chi connectivity index (χ4v) is 3.71. The number of hydrogen-bond acceptors (Lipinski definition) is 5. The molecule has 0 aliphatic rings. The predicted molar refractivity (Wildman–Crippen MR) is 118 cm³/mol. The molecule has 0 saturated carbocycles. The Kier molecular flexibility index (Phi) is 6.61. The zero-order valence-electron chi connectivity index (χ0n) is 15.4. The zero-order valence-corrected chi connectivity index (χ0v) is 17.8. The number of nitriles is 1. The number of halogens is 1. The van der Waals surface area contributed by atoms with Crippen LogP contribution in [-0.2, 0) is 10.0 Å². The van der Waals surface area contributed by atoms with Gasteiger partial charge in [-0.1, -0.05) is 28.1 Å². The summed E-state index contributed by atoms with van der Waals surface area (Å²) in [4.78, 5) is 12.3. The van der Waals surface area contributed by atoms with Crippen molar-refractivity contribution in [3.63, 3.8) is 0 Å².